The van der Waals surface area contributed by atoms with Gasteiger partial charge in [-0.3, -0.25) is 0 Å². The molecule has 0 radical (unpaired) electrons. The lowest BCUT2D eigenvalue weighted by Gasteiger charge is -2.33. The maximum absolute atomic E-state index is 13.1. The fourth-order valence-corrected chi connectivity index (χ4v) is 7.08. The Kier molecular flexibility index (Phi) is 6.80. The molecule has 1 aromatic carbocycles. The molecule has 2 aliphatic rings. The minimum absolute atomic E-state index is 0.0814. The van der Waals surface area contributed by atoms with E-state index in [0.717, 1.165) is 25.7 Å². The minimum Gasteiger partial charge on any atom is -0.338 e. The van der Waals surface area contributed by atoms with Gasteiger partial charge in [0.05, 0.1) is 9.79 Å². The van der Waals surface area contributed by atoms with E-state index in [-0.39, 0.29) is 21.8 Å². The predicted molar refractivity (Wildman–Crippen MR) is 121 cm³/mol. The van der Waals surface area contributed by atoms with Crippen molar-refractivity contribution in [1.29, 1.82) is 0 Å². The third kappa shape index (κ3) is 4.95. The second kappa shape index (κ2) is 9.42. The van der Waals surface area contributed by atoms with Crippen LogP contribution >= 0.6 is 0 Å². The molecule has 1 aliphatic heterocycles. The Hall–Kier alpha value is -2.08. The molecule has 0 bridgehead atoms. The third-order valence-electron chi connectivity index (χ3n) is 6.26. The molecule has 1 aliphatic carbocycles. The van der Waals surface area contributed by atoms with E-state index in [1.54, 1.807) is 18.5 Å². The quantitative estimate of drug-likeness (QED) is 0.673. The van der Waals surface area contributed by atoms with Crippen molar-refractivity contribution in [2.45, 2.75) is 48.4 Å². The summed E-state index contributed by atoms with van der Waals surface area (Å²) in [6, 6.07) is 7.15. The van der Waals surface area contributed by atoms with Crippen LogP contribution in [0.25, 0.3) is 0 Å². The molecule has 174 valence electrons. The summed E-state index contributed by atoms with van der Waals surface area (Å²) in [6.07, 6.45) is 7.29. The lowest BCUT2D eigenvalue weighted by Crippen LogP contribution is -2.49. The van der Waals surface area contributed by atoms with Crippen molar-refractivity contribution in [3.8, 4) is 0 Å². The van der Waals surface area contributed by atoms with Crippen molar-refractivity contribution in [3.05, 3.63) is 42.7 Å². The van der Waals surface area contributed by atoms with Crippen LogP contribution < -0.4 is 9.62 Å². The molecule has 0 unspecified atom stereocenters. The largest absolute Gasteiger partial charge is 0.338 e. The number of rotatable bonds is 6. The highest BCUT2D eigenvalue weighted by molar-refractivity contribution is 7.89. The van der Waals surface area contributed by atoms with Crippen LogP contribution in [0.5, 0.6) is 0 Å². The van der Waals surface area contributed by atoms with Gasteiger partial charge in [-0.25, -0.2) is 31.5 Å². The summed E-state index contributed by atoms with van der Waals surface area (Å²) in [5.74, 6) is 0.872. The van der Waals surface area contributed by atoms with Crippen LogP contribution in [0.3, 0.4) is 0 Å². The number of sulfonamides is 2. The first kappa shape index (κ1) is 23.1. The highest BCUT2D eigenvalue weighted by Gasteiger charge is 2.30. The maximum atomic E-state index is 13.1. The van der Waals surface area contributed by atoms with Crippen molar-refractivity contribution >= 4 is 26.0 Å². The van der Waals surface area contributed by atoms with Crippen molar-refractivity contribution in [3.63, 3.8) is 0 Å². The molecule has 0 amide bonds. The van der Waals surface area contributed by atoms with Crippen molar-refractivity contribution in [2.24, 2.45) is 5.92 Å². The van der Waals surface area contributed by atoms with Gasteiger partial charge < -0.3 is 4.90 Å². The van der Waals surface area contributed by atoms with Crippen LogP contribution in [0, 0.1) is 5.92 Å². The first-order valence-electron chi connectivity index (χ1n) is 10.9. The molecule has 1 aromatic heterocycles. The second-order valence-corrected chi connectivity index (χ2v) is 12.1. The SMILES string of the molecule is C[C@@H]1CCCC[C@@H]1NS(=O)(=O)c1ccc(S(=O)(=O)N2CCN(c3ncccn3)CC2)cc1. The molecule has 9 nitrogen and oxygen atoms in total. The van der Waals surface area contributed by atoms with Gasteiger partial charge in [-0.1, -0.05) is 19.8 Å². The monoisotopic (exact) mass is 479 g/mol. The fraction of sp³-hybridized carbons (Fsp3) is 0.524. The number of benzene rings is 1. The maximum Gasteiger partial charge on any atom is 0.243 e. The second-order valence-electron chi connectivity index (χ2n) is 8.40. The van der Waals surface area contributed by atoms with E-state index in [0.29, 0.717) is 32.1 Å². The highest BCUT2D eigenvalue weighted by atomic mass is 32.2. The van der Waals surface area contributed by atoms with Gasteiger partial charge in [-0.2, -0.15) is 4.31 Å². The molecule has 1 saturated heterocycles. The molecule has 0 spiro atoms. The number of hydrogen-bond acceptors (Lipinski definition) is 7. The number of nitrogens with zero attached hydrogens (tertiary/aromatic N) is 4. The van der Waals surface area contributed by atoms with E-state index in [1.807, 2.05) is 4.90 Å². The van der Waals surface area contributed by atoms with Crippen LogP contribution in [-0.2, 0) is 20.0 Å². The Morgan fingerprint density at radius 3 is 2.09 bits per heavy atom. The zero-order valence-corrected chi connectivity index (χ0v) is 19.7. The Labute approximate surface area is 190 Å². The first-order valence-corrected chi connectivity index (χ1v) is 13.8. The third-order valence-corrected chi connectivity index (χ3v) is 9.68. The van der Waals surface area contributed by atoms with Crippen molar-refractivity contribution in [2.75, 3.05) is 31.1 Å². The topological polar surface area (TPSA) is 113 Å². The van der Waals surface area contributed by atoms with Crippen LogP contribution in [-0.4, -0.2) is 63.3 Å². The summed E-state index contributed by atoms with van der Waals surface area (Å²) < 4.78 is 55.9. The van der Waals surface area contributed by atoms with Gasteiger partial charge >= 0.3 is 0 Å². The molecular weight excluding hydrogens is 450 g/mol. The fourth-order valence-electron chi connectivity index (χ4n) is 4.28. The molecule has 11 heteroatoms. The number of anilines is 1. The van der Waals surface area contributed by atoms with Gasteiger partial charge in [0.25, 0.3) is 0 Å². The molecule has 2 fully saturated rings. The Bertz CT molecular complexity index is 1120. The average molecular weight is 480 g/mol. The van der Waals surface area contributed by atoms with Crippen LogP contribution in [0.4, 0.5) is 5.95 Å². The lowest BCUT2D eigenvalue weighted by atomic mass is 9.87. The standard InChI is InChI=1S/C21H29N5O4S2/c1-17-5-2-3-6-20(17)24-31(27,28)18-7-9-19(10-8-18)32(29,30)26-15-13-25(14-16-26)21-22-11-4-12-23-21/h4,7-12,17,20,24H,2-3,5-6,13-16H2,1H3/t17-,20+/m1/s1. The zero-order chi connectivity index (χ0) is 22.8. The Morgan fingerprint density at radius 2 is 1.47 bits per heavy atom. The van der Waals surface area contributed by atoms with Gasteiger partial charge in [0.15, 0.2) is 0 Å². The molecule has 1 saturated carbocycles. The van der Waals surface area contributed by atoms with E-state index in [4.69, 9.17) is 0 Å². The molecule has 2 heterocycles. The van der Waals surface area contributed by atoms with Gasteiger partial charge in [-0.05, 0) is 49.1 Å². The van der Waals surface area contributed by atoms with Crippen molar-refractivity contribution < 1.29 is 16.8 Å². The van der Waals surface area contributed by atoms with E-state index < -0.39 is 20.0 Å². The zero-order valence-electron chi connectivity index (χ0n) is 18.1. The van der Waals surface area contributed by atoms with E-state index in [1.165, 1.54) is 28.6 Å². The summed E-state index contributed by atoms with van der Waals surface area (Å²) in [6.45, 7) is 3.65. The molecule has 4 rings (SSSR count). The van der Waals surface area contributed by atoms with E-state index >= 15 is 0 Å². The normalized spacial score (nSPS) is 23.2. The predicted octanol–water partition coefficient (Wildman–Crippen LogP) is 1.84. The van der Waals surface area contributed by atoms with Crippen LogP contribution in [0.1, 0.15) is 32.6 Å². The minimum atomic E-state index is -3.72. The summed E-state index contributed by atoms with van der Waals surface area (Å²) >= 11 is 0. The van der Waals surface area contributed by atoms with E-state index in [9.17, 15) is 16.8 Å². The average Bonchev–Trinajstić information content (AvgIpc) is 2.81. The van der Waals surface area contributed by atoms with E-state index in [2.05, 4.69) is 21.6 Å². The molecular formula is C21H29N5O4S2. The molecule has 32 heavy (non-hydrogen) atoms. The smallest absolute Gasteiger partial charge is 0.243 e. The number of aromatic nitrogens is 2. The summed E-state index contributed by atoms with van der Waals surface area (Å²) in [5, 5.41) is 0. The Morgan fingerprint density at radius 1 is 0.875 bits per heavy atom. The summed E-state index contributed by atoms with van der Waals surface area (Å²) in [4.78, 5) is 10.5. The van der Waals surface area contributed by atoms with Crippen LogP contribution in [0.15, 0.2) is 52.5 Å². The van der Waals surface area contributed by atoms with Gasteiger partial charge in [0.1, 0.15) is 0 Å². The molecule has 2 aromatic rings. The summed E-state index contributed by atoms with van der Waals surface area (Å²) in [5.41, 5.74) is 0. The highest BCUT2D eigenvalue weighted by Crippen LogP contribution is 2.26. The van der Waals surface area contributed by atoms with Crippen LogP contribution in [0.2, 0.25) is 0 Å². The molecule has 2 atom stereocenters. The number of nitrogens with one attached hydrogen (secondary N) is 1. The van der Waals surface area contributed by atoms with Gasteiger partial charge in [-0.15, -0.1) is 0 Å². The number of hydrogen-bond donors (Lipinski definition) is 1. The number of piperazine rings is 1. The van der Waals surface area contributed by atoms with Gasteiger partial charge in [0.2, 0.25) is 26.0 Å². The first-order chi connectivity index (χ1) is 15.3. The lowest BCUT2D eigenvalue weighted by molar-refractivity contribution is 0.310. The summed E-state index contributed by atoms with van der Waals surface area (Å²) in [7, 11) is -7.41. The van der Waals surface area contributed by atoms with Gasteiger partial charge in [0, 0.05) is 44.6 Å². The molecule has 1 N–H and O–H groups in total. The Balaban J connectivity index is 1.43. The van der Waals surface area contributed by atoms with Crippen molar-refractivity contribution in [1.82, 2.24) is 19.0 Å².